The van der Waals surface area contributed by atoms with Crippen LogP contribution in [0.25, 0.3) is 0 Å². The van der Waals surface area contributed by atoms with Crippen molar-refractivity contribution in [3.8, 4) is 11.5 Å². The molecule has 0 saturated carbocycles. The van der Waals surface area contributed by atoms with Crippen molar-refractivity contribution in [2.75, 3.05) is 32.9 Å². The van der Waals surface area contributed by atoms with Crippen molar-refractivity contribution < 1.29 is 19.4 Å². The van der Waals surface area contributed by atoms with Crippen LogP contribution in [-0.4, -0.2) is 63.8 Å². The molecule has 1 saturated heterocycles. The Morgan fingerprint density at radius 3 is 2.73 bits per heavy atom. The smallest absolute Gasteiger partial charge is 0.253 e. The van der Waals surface area contributed by atoms with E-state index < -0.39 is 0 Å². The fraction of sp³-hybridized carbons (Fsp3) is 0.500. The van der Waals surface area contributed by atoms with Crippen LogP contribution in [0.4, 0.5) is 0 Å². The molecule has 0 unspecified atom stereocenters. The lowest BCUT2D eigenvalue weighted by Gasteiger charge is -2.32. The van der Waals surface area contributed by atoms with Gasteiger partial charge in [-0.1, -0.05) is 5.21 Å². The van der Waals surface area contributed by atoms with Gasteiger partial charge in [-0.2, -0.15) is 0 Å². The van der Waals surface area contributed by atoms with Gasteiger partial charge in [-0.3, -0.25) is 4.79 Å². The summed E-state index contributed by atoms with van der Waals surface area (Å²) < 4.78 is 12.9. The first-order valence-corrected chi connectivity index (χ1v) is 8.95. The Balaban J connectivity index is 1.38. The summed E-state index contributed by atoms with van der Waals surface area (Å²) >= 11 is 0. The van der Waals surface area contributed by atoms with Crippen molar-refractivity contribution in [2.45, 2.75) is 25.3 Å². The lowest BCUT2D eigenvalue weighted by atomic mass is 10.0. The van der Waals surface area contributed by atoms with E-state index in [0.29, 0.717) is 49.8 Å². The number of carbonyl (C=O) groups is 1. The van der Waals surface area contributed by atoms with Gasteiger partial charge in [0, 0.05) is 37.9 Å². The molecule has 0 aliphatic carbocycles. The molecular weight excluding hydrogens is 336 g/mol. The quantitative estimate of drug-likeness (QED) is 0.879. The molecule has 2 aliphatic heterocycles. The number of likely N-dealkylation sites (tertiary alicyclic amines) is 1. The van der Waals surface area contributed by atoms with Gasteiger partial charge in [-0.25, -0.2) is 4.68 Å². The molecule has 1 aromatic carbocycles. The minimum Gasteiger partial charge on any atom is -0.486 e. The van der Waals surface area contributed by atoms with Crippen molar-refractivity contribution in [1.29, 1.82) is 0 Å². The van der Waals surface area contributed by atoms with Crippen molar-refractivity contribution in [3.05, 3.63) is 35.7 Å². The Morgan fingerprint density at radius 1 is 1.19 bits per heavy atom. The van der Waals surface area contributed by atoms with Gasteiger partial charge in [-0.05, 0) is 31.0 Å². The predicted molar refractivity (Wildman–Crippen MR) is 92.4 cm³/mol. The van der Waals surface area contributed by atoms with Crippen LogP contribution in [0.1, 0.15) is 34.9 Å². The third kappa shape index (κ3) is 3.37. The summed E-state index contributed by atoms with van der Waals surface area (Å²) in [6, 6.07) is 5.59. The molecular formula is C18H22N4O4. The Morgan fingerprint density at radius 2 is 1.96 bits per heavy atom. The highest BCUT2D eigenvalue weighted by molar-refractivity contribution is 5.95. The zero-order chi connectivity index (χ0) is 17.9. The van der Waals surface area contributed by atoms with Gasteiger partial charge in [-0.15, -0.1) is 5.10 Å². The fourth-order valence-electron chi connectivity index (χ4n) is 3.41. The summed E-state index contributed by atoms with van der Waals surface area (Å²) in [6.07, 6.45) is 4.07. The molecule has 138 valence electrons. The Bertz CT molecular complexity index is 783. The number of ether oxygens (including phenoxy) is 2. The highest BCUT2D eigenvalue weighted by Gasteiger charge is 2.26. The minimum absolute atomic E-state index is 0.0139. The van der Waals surface area contributed by atoms with E-state index in [1.807, 2.05) is 15.8 Å². The molecule has 3 heterocycles. The van der Waals surface area contributed by atoms with Crippen LogP contribution < -0.4 is 9.47 Å². The van der Waals surface area contributed by atoms with E-state index >= 15 is 0 Å². The second-order valence-corrected chi connectivity index (χ2v) is 6.55. The first-order valence-electron chi connectivity index (χ1n) is 8.95. The largest absolute Gasteiger partial charge is 0.486 e. The van der Waals surface area contributed by atoms with Crippen LogP contribution in [0.2, 0.25) is 0 Å². The van der Waals surface area contributed by atoms with Gasteiger partial charge in [0.05, 0.1) is 11.7 Å². The highest BCUT2D eigenvalue weighted by Crippen LogP contribution is 2.31. The van der Waals surface area contributed by atoms with Crippen LogP contribution in [0.15, 0.2) is 24.4 Å². The van der Waals surface area contributed by atoms with E-state index in [-0.39, 0.29) is 18.6 Å². The first kappa shape index (κ1) is 16.8. The summed E-state index contributed by atoms with van der Waals surface area (Å²) in [5.41, 5.74) is 1.42. The number of benzene rings is 1. The molecule has 0 spiro atoms. The molecule has 0 radical (unpaired) electrons. The molecule has 8 heteroatoms. The molecule has 2 aromatic rings. The van der Waals surface area contributed by atoms with E-state index in [2.05, 4.69) is 10.3 Å². The summed E-state index contributed by atoms with van der Waals surface area (Å²) in [5, 5.41) is 17.2. The maximum atomic E-state index is 12.8. The number of aromatic nitrogens is 3. The second kappa shape index (κ2) is 7.33. The average Bonchev–Trinajstić information content (AvgIpc) is 3.16. The SMILES string of the molecule is O=C(c1ccc2c(c1)OCCO2)N1CCC(n2cc(CCO)nn2)CC1. The number of rotatable bonds is 4. The standard InChI is InChI=1S/C18H22N4O4/c23-8-5-14-12-22(20-19-14)15-3-6-21(7-4-15)18(24)13-1-2-16-17(11-13)26-10-9-25-16/h1-2,11-12,15,23H,3-10H2. The van der Waals surface area contributed by atoms with E-state index in [0.717, 1.165) is 18.5 Å². The topological polar surface area (TPSA) is 89.7 Å². The second-order valence-electron chi connectivity index (χ2n) is 6.55. The highest BCUT2D eigenvalue weighted by atomic mass is 16.6. The van der Waals surface area contributed by atoms with Crippen LogP contribution in [0.3, 0.4) is 0 Å². The molecule has 26 heavy (non-hydrogen) atoms. The number of hydrogen-bond acceptors (Lipinski definition) is 6. The fourth-order valence-corrected chi connectivity index (χ4v) is 3.41. The predicted octanol–water partition coefficient (Wildman–Crippen LogP) is 1.06. The molecule has 8 nitrogen and oxygen atoms in total. The normalized spacial score (nSPS) is 17.3. The van der Waals surface area contributed by atoms with E-state index in [4.69, 9.17) is 14.6 Å². The number of hydrogen-bond donors (Lipinski definition) is 1. The van der Waals surface area contributed by atoms with Gasteiger partial charge in [0.25, 0.3) is 5.91 Å². The Hall–Kier alpha value is -2.61. The Labute approximate surface area is 151 Å². The van der Waals surface area contributed by atoms with E-state index in [9.17, 15) is 4.79 Å². The van der Waals surface area contributed by atoms with Crippen LogP contribution in [0, 0.1) is 0 Å². The molecule has 4 rings (SSSR count). The third-order valence-corrected chi connectivity index (χ3v) is 4.84. The lowest BCUT2D eigenvalue weighted by molar-refractivity contribution is 0.0688. The van der Waals surface area contributed by atoms with Gasteiger partial charge in [0.15, 0.2) is 11.5 Å². The zero-order valence-corrected chi connectivity index (χ0v) is 14.5. The zero-order valence-electron chi connectivity index (χ0n) is 14.5. The summed E-state index contributed by atoms with van der Waals surface area (Å²) in [5.74, 6) is 1.34. The van der Waals surface area contributed by atoms with E-state index in [1.54, 1.807) is 18.2 Å². The van der Waals surface area contributed by atoms with E-state index in [1.165, 1.54) is 0 Å². The lowest BCUT2D eigenvalue weighted by Crippen LogP contribution is -2.39. The third-order valence-electron chi connectivity index (χ3n) is 4.84. The van der Waals surface area contributed by atoms with Gasteiger partial charge in [0.2, 0.25) is 0 Å². The summed E-state index contributed by atoms with van der Waals surface area (Å²) in [7, 11) is 0. The van der Waals surface area contributed by atoms with Gasteiger partial charge in [0.1, 0.15) is 13.2 Å². The monoisotopic (exact) mass is 358 g/mol. The number of carbonyl (C=O) groups excluding carboxylic acids is 1. The number of aliphatic hydroxyl groups excluding tert-OH is 1. The summed E-state index contributed by atoms with van der Waals surface area (Å²) in [4.78, 5) is 14.7. The van der Waals surface area contributed by atoms with Crippen molar-refractivity contribution >= 4 is 5.91 Å². The Kier molecular flexibility index (Phi) is 4.75. The van der Waals surface area contributed by atoms with Crippen molar-refractivity contribution in [3.63, 3.8) is 0 Å². The van der Waals surface area contributed by atoms with Crippen molar-refractivity contribution in [2.24, 2.45) is 0 Å². The number of amides is 1. The first-order chi connectivity index (χ1) is 12.7. The van der Waals surface area contributed by atoms with Crippen LogP contribution in [0.5, 0.6) is 11.5 Å². The number of nitrogens with zero attached hydrogens (tertiary/aromatic N) is 4. The van der Waals surface area contributed by atoms with Gasteiger partial charge >= 0.3 is 0 Å². The summed E-state index contributed by atoms with van der Waals surface area (Å²) in [6.45, 7) is 2.46. The average molecular weight is 358 g/mol. The van der Waals surface area contributed by atoms with Crippen LogP contribution in [-0.2, 0) is 6.42 Å². The molecule has 0 atom stereocenters. The molecule has 1 fully saturated rings. The number of fused-ring (bicyclic) bond motifs is 1. The number of aliphatic hydroxyl groups is 1. The van der Waals surface area contributed by atoms with Crippen molar-refractivity contribution in [1.82, 2.24) is 19.9 Å². The number of piperidine rings is 1. The maximum Gasteiger partial charge on any atom is 0.253 e. The minimum atomic E-state index is 0.0139. The molecule has 1 N–H and O–H groups in total. The van der Waals surface area contributed by atoms with Crippen LogP contribution >= 0.6 is 0 Å². The molecule has 1 amide bonds. The molecule has 2 aliphatic rings. The molecule has 1 aromatic heterocycles. The maximum absolute atomic E-state index is 12.8. The van der Waals surface area contributed by atoms with Gasteiger partial charge < -0.3 is 19.5 Å². The molecule has 0 bridgehead atoms.